The summed E-state index contributed by atoms with van der Waals surface area (Å²) in [5, 5.41) is 11.8. The van der Waals surface area contributed by atoms with Gasteiger partial charge in [-0.05, 0) is 49.8 Å². The number of nitrogens with zero attached hydrogens (tertiary/aromatic N) is 1. The maximum Gasteiger partial charge on any atom is 0.240 e. The molecule has 1 aliphatic rings. The van der Waals surface area contributed by atoms with Gasteiger partial charge in [0.25, 0.3) is 0 Å². The Hall–Kier alpha value is -1.82. The van der Waals surface area contributed by atoms with Crippen LogP contribution in [0.3, 0.4) is 0 Å². The average Bonchev–Trinajstić information content (AvgIpc) is 3.14. The summed E-state index contributed by atoms with van der Waals surface area (Å²) in [7, 11) is 0. The van der Waals surface area contributed by atoms with Crippen LogP contribution in [-0.2, 0) is 11.2 Å². The highest BCUT2D eigenvalue weighted by atomic mass is 16.2. The smallest absolute Gasteiger partial charge is 0.240 e. The molecule has 1 aromatic carbocycles. The van der Waals surface area contributed by atoms with Crippen molar-refractivity contribution in [3.63, 3.8) is 0 Å². The third-order valence-electron chi connectivity index (χ3n) is 3.67. The molecule has 0 atom stereocenters. The first kappa shape index (κ1) is 12.6. The monoisotopic (exact) mass is 242 g/mol. The largest absolute Gasteiger partial charge is 0.354 e. The van der Waals surface area contributed by atoms with Crippen LogP contribution in [-0.4, -0.2) is 12.5 Å². The lowest BCUT2D eigenvalue weighted by Crippen LogP contribution is -2.32. The van der Waals surface area contributed by atoms with Crippen molar-refractivity contribution in [2.45, 2.75) is 33.1 Å². The van der Waals surface area contributed by atoms with E-state index in [9.17, 15) is 4.79 Å². The summed E-state index contributed by atoms with van der Waals surface area (Å²) in [5.41, 5.74) is 3.07. The molecule has 1 amide bonds. The highest BCUT2D eigenvalue weighted by Gasteiger charge is 2.50. The van der Waals surface area contributed by atoms with E-state index < -0.39 is 5.41 Å². The average molecular weight is 242 g/mol. The van der Waals surface area contributed by atoms with E-state index in [-0.39, 0.29) is 5.91 Å². The summed E-state index contributed by atoms with van der Waals surface area (Å²) in [5.74, 6) is -0.103. The Bertz CT molecular complexity index is 510. The van der Waals surface area contributed by atoms with Crippen molar-refractivity contribution in [2.75, 3.05) is 6.54 Å². The van der Waals surface area contributed by atoms with Gasteiger partial charge in [0, 0.05) is 6.54 Å². The molecule has 3 nitrogen and oxygen atoms in total. The lowest BCUT2D eigenvalue weighted by molar-refractivity contribution is -0.124. The molecule has 0 heterocycles. The number of hydrogen-bond acceptors (Lipinski definition) is 2. The number of nitrogens with one attached hydrogen (secondary N) is 1. The third kappa shape index (κ3) is 2.53. The zero-order chi connectivity index (χ0) is 13.2. The van der Waals surface area contributed by atoms with Gasteiger partial charge in [-0.3, -0.25) is 4.79 Å². The molecule has 1 saturated carbocycles. The van der Waals surface area contributed by atoms with E-state index in [2.05, 4.69) is 43.4 Å². The van der Waals surface area contributed by atoms with Gasteiger partial charge in [-0.25, -0.2) is 0 Å². The highest BCUT2D eigenvalue weighted by molar-refractivity contribution is 5.88. The molecule has 1 aromatic rings. The molecular weight excluding hydrogens is 224 g/mol. The first-order valence-electron chi connectivity index (χ1n) is 6.33. The molecule has 94 valence electrons. The summed E-state index contributed by atoms with van der Waals surface area (Å²) in [4.78, 5) is 11.7. The molecule has 0 bridgehead atoms. The van der Waals surface area contributed by atoms with Gasteiger partial charge in [0.1, 0.15) is 5.41 Å². The number of nitriles is 1. The van der Waals surface area contributed by atoms with Gasteiger partial charge in [-0.2, -0.15) is 5.26 Å². The summed E-state index contributed by atoms with van der Waals surface area (Å²) >= 11 is 0. The van der Waals surface area contributed by atoms with Crippen molar-refractivity contribution < 1.29 is 4.79 Å². The predicted molar refractivity (Wildman–Crippen MR) is 69.9 cm³/mol. The first-order chi connectivity index (χ1) is 8.57. The van der Waals surface area contributed by atoms with Crippen LogP contribution >= 0.6 is 0 Å². The maximum atomic E-state index is 11.7. The summed E-state index contributed by atoms with van der Waals surface area (Å²) < 4.78 is 0. The standard InChI is InChI=1S/C15H18N2O/c1-11-3-4-13(9-12(11)2)5-8-17-14(18)15(10-16)6-7-15/h3-4,9H,5-8H2,1-2H3,(H,17,18). The highest BCUT2D eigenvalue weighted by Crippen LogP contribution is 2.44. The van der Waals surface area contributed by atoms with Gasteiger partial charge in [0.2, 0.25) is 5.91 Å². The molecule has 0 aromatic heterocycles. The Balaban J connectivity index is 1.84. The topological polar surface area (TPSA) is 52.9 Å². The summed E-state index contributed by atoms with van der Waals surface area (Å²) in [6, 6.07) is 8.45. The number of benzene rings is 1. The Morgan fingerprint density at radius 3 is 2.67 bits per heavy atom. The molecule has 1 N–H and O–H groups in total. The summed E-state index contributed by atoms with van der Waals surface area (Å²) in [6.07, 6.45) is 2.23. The molecule has 18 heavy (non-hydrogen) atoms. The van der Waals surface area contributed by atoms with Gasteiger partial charge >= 0.3 is 0 Å². The van der Waals surface area contributed by atoms with Crippen LogP contribution in [0.15, 0.2) is 18.2 Å². The molecule has 0 saturated heterocycles. The fraction of sp³-hybridized carbons (Fsp3) is 0.467. The normalized spacial score (nSPS) is 15.8. The van der Waals surface area contributed by atoms with Crippen LogP contribution < -0.4 is 5.32 Å². The minimum absolute atomic E-state index is 0.103. The van der Waals surface area contributed by atoms with Crippen LogP contribution in [0.25, 0.3) is 0 Å². The van der Waals surface area contributed by atoms with E-state index in [1.807, 2.05) is 0 Å². The number of carbonyl (C=O) groups is 1. The molecule has 2 rings (SSSR count). The van der Waals surface area contributed by atoms with Gasteiger partial charge in [0.05, 0.1) is 6.07 Å². The van der Waals surface area contributed by atoms with Gasteiger partial charge in [0.15, 0.2) is 0 Å². The van der Waals surface area contributed by atoms with Gasteiger partial charge < -0.3 is 5.32 Å². The van der Waals surface area contributed by atoms with E-state index in [0.29, 0.717) is 19.4 Å². The van der Waals surface area contributed by atoms with Crippen molar-refractivity contribution in [1.29, 1.82) is 5.26 Å². The van der Waals surface area contributed by atoms with Crippen LogP contribution in [0.5, 0.6) is 0 Å². The molecule has 0 unspecified atom stereocenters. The number of rotatable bonds is 4. The fourth-order valence-corrected chi connectivity index (χ4v) is 1.96. The molecule has 0 radical (unpaired) electrons. The number of aryl methyl sites for hydroxylation is 2. The van der Waals surface area contributed by atoms with E-state index in [4.69, 9.17) is 5.26 Å². The quantitative estimate of drug-likeness (QED) is 0.880. The molecule has 1 aliphatic carbocycles. The van der Waals surface area contributed by atoms with E-state index in [0.717, 1.165) is 6.42 Å². The molecule has 3 heteroatoms. The predicted octanol–water partition coefficient (Wildman–Crippen LogP) is 2.27. The van der Waals surface area contributed by atoms with Crippen molar-refractivity contribution >= 4 is 5.91 Å². The number of hydrogen-bond donors (Lipinski definition) is 1. The second-order valence-corrected chi connectivity index (χ2v) is 5.12. The number of amides is 1. The van der Waals surface area contributed by atoms with E-state index in [1.165, 1.54) is 16.7 Å². The second-order valence-electron chi connectivity index (χ2n) is 5.12. The molecule has 1 fully saturated rings. The Morgan fingerprint density at radius 2 is 2.11 bits per heavy atom. The van der Waals surface area contributed by atoms with Crippen LogP contribution in [0.2, 0.25) is 0 Å². The van der Waals surface area contributed by atoms with E-state index in [1.54, 1.807) is 0 Å². The van der Waals surface area contributed by atoms with Crippen LogP contribution in [0, 0.1) is 30.6 Å². The Kier molecular flexibility index (Phi) is 3.38. The summed E-state index contributed by atoms with van der Waals surface area (Å²) in [6.45, 7) is 4.78. The molecule has 0 spiro atoms. The Morgan fingerprint density at radius 1 is 1.39 bits per heavy atom. The van der Waals surface area contributed by atoms with Crippen molar-refractivity contribution in [3.8, 4) is 6.07 Å². The third-order valence-corrected chi connectivity index (χ3v) is 3.67. The lowest BCUT2D eigenvalue weighted by Gasteiger charge is -2.09. The van der Waals surface area contributed by atoms with Crippen molar-refractivity contribution in [1.82, 2.24) is 5.32 Å². The van der Waals surface area contributed by atoms with Gasteiger partial charge in [-0.1, -0.05) is 18.2 Å². The zero-order valence-electron chi connectivity index (χ0n) is 10.9. The minimum atomic E-state index is -0.705. The first-order valence-corrected chi connectivity index (χ1v) is 6.33. The molecular formula is C15H18N2O. The van der Waals surface area contributed by atoms with Crippen LogP contribution in [0.4, 0.5) is 0 Å². The van der Waals surface area contributed by atoms with Gasteiger partial charge in [-0.15, -0.1) is 0 Å². The number of carbonyl (C=O) groups excluding carboxylic acids is 1. The fourth-order valence-electron chi connectivity index (χ4n) is 1.96. The SMILES string of the molecule is Cc1ccc(CCNC(=O)C2(C#N)CC2)cc1C. The second kappa shape index (κ2) is 4.81. The zero-order valence-corrected chi connectivity index (χ0v) is 10.9. The van der Waals surface area contributed by atoms with E-state index >= 15 is 0 Å². The van der Waals surface area contributed by atoms with Crippen molar-refractivity contribution in [3.05, 3.63) is 34.9 Å². The maximum absolute atomic E-state index is 11.7. The minimum Gasteiger partial charge on any atom is -0.354 e. The Labute approximate surface area is 108 Å². The van der Waals surface area contributed by atoms with Crippen molar-refractivity contribution in [2.24, 2.45) is 5.41 Å². The van der Waals surface area contributed by atoms with Crippen LogP contribution in [0.1, 0.15) is 29.5 Å². The lowest BCUT2D eigenvalue weighted by atomic mass is 10.0. The molecule has 0 aliphatic heterocycles.